The van der Waals surface area contributed by atoms with Gasteiger partial charge in [0.25, 0.3) is 0 Å². The van der Waals surface area contributed by atoms with Crippen LogP contribution in [0.1, 0.15) is 12.5 Å². The number of rotatable bonds is 5. The molecule has 2 N–H and O–H groups in total. The number of ether oxygens (including phenoxy) is 1. The summed E-state index contributed by atoms with van der Waals surface area (Å²) in [5.41, 5.74) is 6.45. The lowest BCUT2D eigenvalue weighted by molar-refractivity contribution is -0.0498. The molecule has 0 spiro atoms. The minimum Gasteiger partial charge on any atom is -0.435 e. The molecule has 0 unspecified atom stereocenters. The Bertz CT molecular complexity index is 304. The van der Waals surface area contributed by atoms with Crippen molar-refractivity contribution >= 4 is 0 Å². The van der Waals surface area contributed by atoms with Gasteiger partial charge in [0.15, 0.2) is 0 Å². The maximum atomic E-state index is 11.9. The number of alkyl halides is 2. The van der Waals surface area contributed by atoms with Crippen LogP contribution in [0.2, 0.25) is 0 Å². The number of halogens is 2. The van der Waals surface area contributed by atoms with E-state index in [1.165, 1.54) is 6.07 Å². The Morgan fingerprint density at radius 3 is 2.73 bits per heavy atom. The average Bonchev–Trinajstić information content (AvgIpc) is 2.17. The van der Waals surface area contributed by atoms with Gasteiger partial charge in [0.2, 0.25) is 0 Å². The number of benzene rings is 1. The van der Waals surface area contributed by atoms with Gasteiger partial charge in [-0.05, 0) is 36.6 Å². The predicted molar refractivity (Wildman–Crippen MR) is 55.0 cm³/mol. The zero-order valence-electron chi connectivity index (χ0n) is 8.62. The van der Waals surface area contributed by atoms with Crippen LogP contribution < -0.4 is 10.5 Å². The van der Waals surface area contributed by atoms with Crippen LogP contribution in [-0.4, -0.2) is 13.2 Å². The van der Waals surface area contributed by atoms with Crippen LogP contribution in [0.25, 0.3) is 0 Å². The zero-order valence-corrected chi connectivity index (χ0v) is 8.62. The number of hydrogen-bond donors (Lipinski definition) is 1. The molecule has 0 saturated carbocycles. The summed E-state index contributed by atoms with van der Waals surface area (Å²) in [4.78, 5) is 0. The lowest BCUT2D eigenvalue weighted by Crippen LogP contribution is -2.13. The second kappa shape index (κ2) is 5.66. The summed E-state index contributed by atoms with van der Waals surface area (Å²) in [5, 5.41) is 0. The maximum Gasteiger partial charge on any atom is 0.387 e. The van der Waals surface area contributed by atoms with Crippen LogP contribution in [0.3, 0.4) is 0 Å². The summed E-state index contributed by atoms with van der Waals surface area (Å²) >= 11 is 0. The Balaban J connectivity index is 2.65. The summed E-state index contributed by atoms with van der Waals surface area (Å²) in [6.07, 6.45) is 0.775. The fraction of sp³-hybridized carbons (Fsp3) is 0.455. The van der Waals surface area contributed by atoms with Gasteiger partial charge in [-0.3, -0.25) is 0 Å². The third-order valence-corrected chi connectivity index (χ3v) is 2.11. The minimum absolute atomic E-state index is 0.201. The molecule has 0 aliphatic heterocycles. The van der Waals surface area contributed by atoms with Gasteiger partial charge in [-0.15, -0.1) is 0 Å². The number of hydrogen-bond acceptors (Lipinski definition) is 2. The highest BCUT2D eigenvalue weighted by molar-refractivity contribution is 5.28. The van der Waals surface area contributed by atoms with E-state index in [-0.39, 0.29) is 5.75 Å². The molecule has 84 valence electrons. The zero-order chi connectivity index (χ0) is 11.3. The van der Waals surface area contributed by atoms with Crippen molar-refractivity contribution in [2.45, 2.75) is 20.0 Å². The van der Waals surface area contributed by atoms with E-state index < -0.39 is 6.61 Å². The third-order valence-electron chi connectivity index (χ3n) is 2.11. The predicted octanol–water partition coefficient (Wildman–Crippen LogP) is 2.43. The van der Waals surface area contributed by atoms with Crippen molar-refractivity contribution in [2.24, 2.45) is 11.7 Å². The van der Waals surface area contributed by atoms with Crippen LogP contribution >= 0.6 is 0 Å². The summed E-state index contributed by atoms with van der Waals surface area (Å²) < 4.78 is 28.2. The largest absolute Gasteiger partial charge is 0.435 e. The summed E-state index contributed by atoms with van der Waals surface area (Å²) in [7, 11) is 0. The van der Waals surface area contributed by atoms with Gasteiger partial charge in [-0.25, -0.2) is 0 Å². The van der Waals surface area contributed by atoms with Gasteiger partial charge in [-0.2, -0.15) is 8.78 Å². The fourth-order valence-corrected chi connectivity index (χ4v) is 1.33. The molecule has 0 fully saturated rings. The Hall–Kier alpha value is -1.16. The van der Waals surface area contributed by atoms with Crippen LogP contribution in [0.5, 0.6) is 5.75 Å². The van der Waals surface area contributed by atoms with Crippen LogP contribution in [-0.2, 0) is 6.42 Å². The lowest BCUT2D eigenvalue weighted by Gasteiger charge is -2.10. The van der Waals surface area contributed by atoms with Gasteiger partial charge in [0.1, 0.15) is 5.75 Å². The Labute approximate surface area is 88.0 Å². The van der Waals surface area contributed by atoms with E-state index in [4.69, 9.17) is 5.73 Å². The fourth-order valence-electron chi connectivity index (χ4n) is 1.33. The molecule has 0 saturated heterocycles. The molecule has 0 heterocycles. The monoisotopic (exact) mass is 215 g/mol. The highest BCUT2D eigenvalue weighted by Gasteiger charge is 2.06. The van der Waals surface area contributed by atoms with Gasteiger partial charge in [-0.1, -0.05) is 19.1 Å². The first-order valence-electron chi connectivity index (χ1n) is 4.85. The van der Waals surface area contributed by atoms with E-state index in [1.54, 1.807) is 12.1 Å². The molecule has 1 atom stereocenters. The molecular weight excluding hydrogens is 200 g/mol. The van der Waals surface area contributed by atoms with E-state index in [9.17, 15) is 8.78 Å². The molecule has 0 aromatic heterocycles. The highest BCUT2D eigenvalue weighted by atomic mass is 19.3. The molecule has 1 aromatic rings. The van der Waals surface area contributed by atoms with Crippen molar-refractivity contribution in [1.82, 2.24) is 0 Å². The first-order chi connectivity index (χ1) is 7.11. The Kier molecular flexibility index (Phi) is 4.49. The summed E-state index contributed by atoms with van der Waals surface area (Å²) in [5.74, 6) is 0.540. The van der Waals surface area contributed by atoms with Gasteiger partial charge >= 0.3 is 6.61 Å². The Morgan fingerprint density at radius 2 is 2.13 bits per heavy atom. The lowest BCUT2D eigenvalue weighted by atomic mass is 10.0. The van der Waals surface area contributed by atoms with Gasteiger partial charge < -0.3 is 10.5 Å². The standard InChI is InChI=1S/C11H15F2NO/c1-8(7-14)5-9-3-2-4-10(6-9)15-11(12)13/h2-4,6,8,11H,5,7,14H2,1H3/t8-/m0/s1. The molecule has 4 heteroatoms. The normalized spacial score (nSPS) is 12.9. The quantitative estimate of drug-likeness (QED) is 0.818. The van der Waals surface area contributed by atoms with Crippen molar-refractivity contribution in [3.63, 3.8) is 0 Å². The molecule has 0 aliphatic carbocycles. The topological polar surface area (TPSA) is 35.2 Å². The minimum atomic E-state index is -2.77. The molecular formula is C11H15F2NO. The average molecular weight is 215 g/mol. The first-order valence-corrected chi connectivity index (χ1v) is 4.85. The number of nitrogens with two attached hydrogens (primary N) is 1. The second-order valence-electron chi connectivity index (χ2n) is 3.57. The van der Waals surface area contributed by atoms with Crippen LogP contribution in [0, 0.1) is 5.92 Å². The van der Waals surface area contributed by atoms with Crippen LogP contribution in [0.15, 0.2) is 24.3 Å². The molecule has 0 aliphatic rings. The third kappa shape index (κ3) is 4.25. The van der Waals surface area contributed by atoms with E-state index in [0.717, 1.165) is 12.0 Å². The molecule has 0 amide bonds. The molecule has 15 heavy (non-hydrogen) atoms. The van der Waals surface area contributed by atoms with Gasteiger partial charge in [0.05, 0.1) is 0 Å². The molecule has 1 rings (SSSR count). The van der Waals surface area contributed by atoms with Crippen molar-refractivity contribution < 1.29 is 13.5 Å². The van der Waals surface area contributed by atoms with E-state index >= 15 is 0 Å². The SMILES string of the molecule is C[C@H](CN)Cc1cccc(OC(F)F)c1. The Morgan fingerprint density at radius 1 is 1.40 bits per heavy atom. The summed E-state index contributed by atoms with van der Waals surface area (Å²) in [6, 6.07) is 6.72. The van der Waals surface area contributed by atoms with Crippen molar-refractivity contribution in [1.29, 1.82) is 0 Å². The maximum absolute atomic E-state index is 11.9. The van der Waals surface area contributed by atoms with Crippen molar-refractivity contribution in [2.75, 3.05) is 6.54 Å². The molecule has 2 nitrogen and oxygen atoms in total. The van der Waals surface area contributed by atoms with Crippen molar-refractivity contribution in [3.05, 3.63) is 29.8 Å². The first kappa shape index (κ1) is 11.9. The van der Waals surface area contributed by atoms with E-state index in [0.29, 0.717) is 12.5 Å². The highest BCUT2D eigenvalue weighted by Crippen LogP contribution is 2.17. The van der Waals surface area contributed by atoms with Gasteiger partial charge in [0, 0.05) is 0 Å². The van der Waals surface area contributed by atoms with Crippen molar-refractivity contribution in [3.8, 4) is 5.75 Å². The smallest absolute Gasteiger partial charge is 0.387 e. The second-order valence-corrected chi connectivity index (χ2v) is 3.57. The van der Waals surface area contributed by atoms with Crippen LogP contribution in [0.4, 0.5) is 8.78 Å². The van der Waals surface area contributed by atoms with E-state index in [1.807, 2.05) is 13.0 Å². The molecule has 0 radical (unpaired) electrons. The molecule has 0 bridgehead atoms. The molecule has 1 aromatic carbocycles. The summed E-state index contributed by atoms with van der Waals surface area (Å²) in [6.45, 7) is -0.173. The van der Waals surface area contributed by atoms with E-state index in [2.05, 4.69) is 4.74 Å².